The number of hydrogen-bond acceptors (Lipinski definition) is 2. The zero-order valence-corrected chi connectivity index (χ0v) is 20.1. The molecule has 2 aromatic carbocycles. The summed E-state index contributed by atoms with van der Waals surface area (Å²) in [5.74, 6) is 0. The van der Waals surface area contributed by atoms with Gasteiger partial charge >= 0.3 is 12.7 Å². The van der Waals surface area contributed by atoms with Crippen molar-refractivity contribution in [2.24, 2.45) is 0 Å². The predicted molar refractivity (Wildman–Crippen MR) is 128 cm³/mol. The molecule has 0 saturated carbocycles. The molecule has 0 fully saturated rings. The van der Waals surface area contributed by atoms with Gasteiger partial charge in [0.05, 0.1) is 13.2 Å². The van der Waals surface area contributed by atoms with Crippen LogP contribution < -0.4 is 0 Å². The maximum Gasteiger partial charge on any atom is 0.522 e. The minimum Gasteiger partial charge on any atom is -0.292 e. The average Bonchev–Trinajstić information content (AvgIpc) is 3.06. The summed E-state index contributed by atoms with van der Waals surface area (Å²) in [7, 11) is 0. The molecule has 8 heteroatoms. The highest BCUT2D eigenvalue weighted by Gasteiger charge is 2.29. The molecule has 0 aromatic heterocycles. The number of allylic oxidation sites excluding steroid dienone is 2. The minimum atomic E-state index is -4.64. The first kappa shape index (κ1) is 28.9. The molecule has 0 radical (unpaired) electrons. The summed E-state index contributed by atoms with van der Waals surface area (Å²) in [6.45, 7) is 3.19. The topological polar surface area (TPSA) is 18.5 Å². The van der Waals surface area contributed by atoms with Crippen LogP contribution in [0.4, 0.5) is 26.3 Å². The second kappa shape index (κ2) is 13.7. The van der Waals surface area contributed by atoms with Crippen molar-refractivity contribution in [3.05, 3.63) is 58.7 Å². The van der Waals surface area contributed by atoms with Gasteiger partial charge < -0.3 is 0 Å². The fourth-order valence-electron chi connectivity index (χ4n) is 4.19. The molecule has 0 atom stereocenters. The number of rotatable bonds is 10. The van der Waals surface area contributed by atoms with E-state index in [1.807, 2.05) is 50.3 Å². The summed E-state index contributed by atoms with van der Waals surface area (Å²) in [5.41, 5.74) is 4.16. The molecule has 0 amide bonds. The molecule has 3 rings (SSSR count). The van der Waals surface area contributed by atoms with E-state index in [-0.39, 0.29) is 12.8 Å². The number of benzene rings is 2. The first-order chi connectivity index (χ1) is 16.7. The van der Waals surface area contributed by atoms with Gasteiger partial charge in [0.15, 0.2) is 0 Å². The summed E-state index contributed by atoms with van der Waals surface area (Å²) in [5, 5.41) is 2.08. The Morgan fingerprint density at radius 2 is 1.14 bits per heavy atom. The van der Waals surface area contributed by atoms with Gasteiger partial charge in [-0.2, -0.15) is 0 Å². The van der Waals surface area contributed by atoms with Crippen molar-refractivity contribution in [1.29, 1.82) is 0 Å². The monoisotopic (exact) mass is 502 g/mol. The van der Waals surface area contributed by atoms with Crippen LogP contribution in [0.25, 0.3) is 22.9 Å². The summed E-state index contributed by atoms with van der Waals surface area (Å²) in [6.07, 6.45) is 2.31. The van der Waals surface area contributed by atoms with E-state index >= 15 is 0 Å². The van der Waals surface area contributed by atoms with Gasteiger partial charge in [0.2, 0.25) is 0 Å². The van der Waals surface area contributed by atoms with E-state index in [0.717, 1.165) is 39.4 Å². The Labute approximate surface area is 202 Å². The Morgan fingerprint density at radius 3 is 1.69 bits per heavy atom. The number of aryl methyl sites for hydroxylation is 1. The maximum atomic E-state index is 12.3. The summed E-state index contributed by atoms with van der Waals surface area (Å²) >= 11 is 0. The van der Waals surface area contributed by atoms with Gasteiger partial charge in [-0.05, 0) is 78.0 Å². The highest BCUT2D eigenvalue weighted by atomic mass is 19.4. The number of alkyl halides is 6. The van der Waals surface area contributed by atoms with Crippen molar-refractivity contribution in [3.63, 3.8) is 0 Å². The van der Waals surface area contributed by atoms with E-state index in [2.05, 4.69) is 21.6 Å². The molecule has 35 heavy (non-hydrogen) atoms. The van der Waals surface area contributed by atoms with Crippen LogP contribution in [0, 0.1) is 0 Å². The lowest BCUT2D eigenvalue weighted by Gasteiger charge is -2.20. The average molecular weight is 503 g/mol. The van der Waals surface area contributed by atoms with Gasteiger partial charge in [-0.25, -0.2) is 0 Å². The van der Waals surface area contributed by atoms with Gasteiger partial charge in [0, 0.05) is 0 Å². The van der Waals surface area contributed by atoms with Crippen LogP contribution in [0.3, 0.4) is 0 Å². The highest BCUT2D eigenvalue weighted by Crippen LogP contribution is 2.36. The van der Waals surface area contributed by atoms with Crippen molar-refractivity contribution >= 4 is 22.9 Å². The fourth-order valence-corrected chi connectivity index (χ4v) is 4.19. The molecule has 2 aromatic rings. The third-order valence-corrected chi connectivity index (χ3v) is 5.54. The normalized spacial score (nSPS) is 13.4. The van der Waals surface area contributed by atoms with Crippen LogP contribution in [0.5, 0.6) is 0 Å². The first-order valence-corrected chi connectivity index (χ1v) is 12.0. The van der Waals surface area contributed by atoms with Crippen molar-refractivity contribution in [2.75, 3.05) is 13.2 Å². The van der Waals surface area contributed by atoms with Crippen LogP contribution in [0.2, 0.25) is 0 Å². The Kier molecular flexibility index (Phi) is 11.3. The Balaban J connectivity index is 0.00000210. The largest absolute Gasteiger partial charge is 0.522 e. The molecule has 1 aliphatic rings. The predicted octanol–water partition coefficient (Wildman–Crippen LogP) is 9.01. The molecule has 0 heterocycles. The zero-order chi connectivity index (χ0) is 25.9. The van der Waals surface area contributed by atoms with E-state index in [1.165, 1.54) is 0 Å². The molecular formula is C27H32F6O2. The Bertz CT molecular complexity index is 990. The molecule has 0 saturated heterocycles. The molecular weight excluding hydrogens is 470 g/mol. The smallest absolute Gasteiger partial charge is 0.292 e. The first-order valence-electron chi connectivity index (χ1n) is 12.0. The molecule has 0 spiro atoms. The quantitative estimate of drug-likeness (QED) is 0.238. The molecule has 0 N–H and O–H groups in total. The summed E-state index contributed by atoms with van der Waals surface area (Å²) in [6, 6.07) is 7.88. The third kappa shape index (κ3) is 9.33. The minimum absolute atomic E-state index is 0.250. The van der Waals surface area contributed by atoms with Crippen molar-refractivity contribution < 1.29 is 35.8 Å². The van der Waals surface area contributed by atoms with Crippen LogP contribution in [-0.2, 0) is 22.3 Å². The highest BCUT2D eigenvalue weighted by molar-refractivity contribution is 5.98. The second-order valence-corrected chi connectivity index (χ2v) is 7.87. The lowest BCUT2D eigenvalue weighted by Crippen LogP contribution is -2.14. The summed E-state index contributed by atoms with van der Waals surface area (Å²) in [4.78, 5) is 0. The molecule has 0 bridgehead atoms. The third-order valence-electron chi connectivity index (χ3n) is 5.54. The number of ether oxygens (including phenoxy) is 2. The molecule has 0 aliphatic heterocycles. The van der Waals surface area contributed by atoms with Crippen molar-refractivity contribution in [2.45, 2.75) is 71.5 Å². The standard InChI is InChI=1S/C25H26F6O2.C2H6/c26-24(27,28)32-16-8-6-14-22-19-11-3-1-2-10-18(19)20-12-4-5-13-21(20)23(22)15-7-9-17-33-25(29,30)31;1-2/h2-5,10-13H,1,6-9,14-17H2;1-2H3. The Hall–Kier alpha value is -2.32. The van der Waals surface area contributed by atoms with E-state index in [9.17, 15) is 26.3 Å². The van der Waals surface area contributed by atoms with E-state index in [4.69, 9.17) is 0 Å². The van der Waals surface area contributed by atoms with E-state index in [0.29, 0.717) is 25.7 Å². The van der Waals surface area contributed by atoms with Gasteiger partial charge in [0.25, 0.3) is 0 Å². The number of halogens is 6. The molecule has 0 unspecified atom stereocenters. The number of fused-ring (bicyclic) bond motifs is 3. The van der Waals surface area contributed by atoms with Gasteiger partial charge in [-0.15, -0.1) is 26.3 Å². The van der Waals surface area contributed by atoms with Gasteiger partial charge in [-0.3, -0.25) is 9.47 Å². The van der Waals surface area contributed by atoms with Gasteiger partial charge in [-0.1, -0.05) is 62.4 Å². The zero-order valence-electron chi connectivity index (χ0n) is 20.1. The molecule has 2 nitrogen and oxygen atoms in total. The van der Waals surface area contributed by atoms with Crippen LogP contribution in [0.15, 0.2) is 36.4 Å². The Morgan fingerprint density at radius 1 is 0.657 bits per heavy atom. The number of hydrogen-bond donors (Lipinski definition) is 0. The van der Waals surface area contributed by atoms with Crippen LogP contribution in [-0.4, -0.2) is 25.9 Å². The van der Waals surface area contributed by atoms with E-state index in [1.54, 1.807) is 0 Å². The second-order valence-electron chi connectivity index (χ2n) is 7.87. The number of unbranched alkanes of at least 4 members (excludes halogenated alkanes) is 2. The van der Waals surface area contributed by atoms with E-state index < -0.39 is 25.9 Å². The lowest BCUT2D eigenvalue weighted by molar-refractivity contribution is -0.325. The van der Waals surface area contributed by atoms with Crippen molar-refractivity contribution in [1.82, 2.24) is 0 Å². The van der Waals surface area contributed by atoms with Crippen molar-refractivity contribution in [3.8, 4) is 0 Å². The van der Waals surface area contributed by atoms with Crippen LogP contribution >= 0.6 is 0 Å². The SMILES string of the molecule is CC.FC(F)(F)OCCCCc1c2c(c3ccccc3c1CCCCOC(F)(F)F)C=CCC=C2. The lowest BCUT2D eigenvalue weighted by atomic mass is 9.85. The molecule has 1 aliphatic carbocycles. The van der Waals surface area contributed by atoms with Gasteiger partial charge in [0.1, 0.15) is 0 Å². The molecule has 194 valence electrons. The van der Waals surface area contributed by atoms with Crippen LogP contribution in [0.1, 0.15) is 68.2 Å². The maximum absolute atomic E-state index is 12.3. The fraction of sp³-hybridized carbons (Fsp3) is 0.481. The summed E-state index contributed by atoms with van der Waals surface area (Å²) < 4.78 is 81.4.